The van der Waals surface area contributed by atoms with Gasteiger partial charge in [-0.05, 0) is 30.9 Å². The normalized spacial score (nSPS) is 14.5. The molecule has 146 valence electrons. The van der Waals surface area contributed by atoms with Crippen LogP contribution in [0.2, 0.25) is 0 Å². The maximum Gasteiger partial charge on any atom is 0.267 e. The molecule has 4 heterocycles. The SMILES string of the molecule is CCCc1nnsc1C(=O)N1CCN(c2cc(-n3cccn3)nc(C)n2)CC1. The summed E-state index contributed by atoms with van der Waals surface area (Å²) in [7, 11) is 0. The average molecular weight is 398 g/mol. The molecule has 1 amide bonds. The maximum atomic E-state index is 12.9. The molecule has 0 N–H and O–H groups in total. The Labute approximate surface area is 167 Å². The van der Waals surface area contributed by atoms with E-state index in [1.807, 2.05) is 30.2 Å². The molecular formula is C18H22N8OS. The Kier molecular flexibility index (Phi) is 5.29. The molecular weight excluding hydrogens is 376 g/mol. The number of anilines is 1. The third-order valence-corrected chi connectivity index (χ3v) is 5.43. The van der Waals surface area contributed by atoms with Crippen molar-refractivity contribution >= 4 is 23.3 Å². The van der Waals surface area contributed by atoms with Gasteiger partial charge in [0, 0.05) is 44.6 Å². The van der Waals surface area contributed by atoms with Gasteiger partial charge in [-0.3, -0.25) is 4.79 Å². The second-order valence-electron chi connectivity index (χ2n) is 6.66. The van der Waals surface area contributed by atoms with Crippen molar-refractivity contribution in [2.24, 2.45) is 0 Å². The van der Waals surface area contributed by atoms with E-state index in [4.69, 9.17) is 0 Å². The van der Waals surface area contributed by atoms with Gasteiger partial charge in [-0.25, -0.2) is 14.6 Å². The van der Waals surface area contributed by atoms with Crippen molar-refractivity contribution in [1.82, 2.24) is 34.2 Å². The van der Waals surface area contributed by atoms with E-state index in [0.717, 1.165) is 43.3 Å². The molecule has 0 aliphatic carbocycles. The van der Waals surface area contributed by atoms with Crippen LogP contribution in [0.1, 0.15) is 34.5 Å². The van der Waals surface area contributed by atoms with E-state index in [2.05, 4.69) is 36.5 Å². The van der Waals surface area contributed by atoms with Crippen LogP contribution in [0.4, 0.5) is 5.82 Å². The minimum atomic E-state index is 0.0363. The summed E-state index contributed by atoms with van der Waals surface area (Å²) in [4.78, 5) is 26.6. The molecule has 4 rings (SSSR count). The Bertz CT molecular complexity index is 946. The largest absolute Gasteiger partial charge is 0.353 e. The van der Waals surface area contributed by atoms with Crippen LogP contribution in [-0.2, 0) is 6.42 Å². The van der Waals surface area contributed by atoms with E-state index >= 15 is 0 Å². The highest BCUT2D eigenvalue weighted by Crippen LogP contribution is 2.20. The molecule has 28 heavy (non-hydrogen) atoms. The molecule has 0 atom stereocenters. The highest BCUT2D eigenvalue weighted by atomic mass is 32.1. The monoisotopic (exact) mass is 398 g/mol. The van der Waals surface area contributed by atoms with Crippen molar-refractivity contribution < 1.29 is 4.79 Å². The van der Waals surface area contributed by atoms with Crippen molar-refractivity contribution in [2.75, 3.05) is 31.1 Å². The van der Waals surface area contributed by atoms with Crippen LogP contribution < -0.4 is 4.90 Å². The first-order chi connectivity index (χ1) is 13.7. The Balaban J connectivity index is 1.46. The molecule has 1 aliphatic heterocycles. The molecule has 0 radical (unpaired) electrons. The number of rotatable bonds is 5. The molecule has 0 unspecified atom stereocenters. The lowest BCUT2D eigenvalue weighted by Gasteiger charge is -2.35. The van der Waals surface area contributed by atoms with E-state index in [1.54, 1.807) is 10.9 Å². The Hall–Kier alpha value is -2.88. The third kappa shape index (κ3) is 3.72. The number of aromatic nitrogens is 6. The summed E-state index contributed by atoms with van der Waals surface area (Å²) in [6.07, 6.45) is 5.32. The number of piperazine rings is 1. The summed E-state index contributed by atoms with van der Waals surface area (Å²) >= 11 is 1.19. The second kappa shape index (κ2) is 8.01. The quantitative estimate of drug-likeness (QED) is 0.646. The van der Waals surface area contributed by atoms with Crippen LogP contribution in [-0.4, -0.2) is 66.3 Å². The number of amides is 1. The van der Waals surface area contributed by atoms with Crippen molar-refractivity contribution in [1.29, 1.82) is 0 Å². The molecule has 10 heteroatoms. The van der Waals surface area contributed by atoms with E-state index in [0.29, 0.717) is 23.8 Å². The van der Waals surface area contributed by atoms with E-state index in [-0.39, 0.29) is 5.91 Å². The van der Waals surface area contributed by atoms with Gasteiger partial charge in [-0.2, -0.15) is 5.10 Å². The third-order valence-electron chi connectivity index (χ3n) is 4.68. The first-order valence-electron chi connectivity index (χ1n) is 9.37. The van der Waals surface area contributed by atoms with Gasteiger partial charge in [0.2, 0.25) is 0 Å². The van der Waals surface area contributed by atoms with Gasteiger partial charge < -0.3 is 9.80 Å². The Morgan fingerprint density at radius 1 is 1.18 bits per heavy atom. The van der Waals surface area contributed by atoms with E-state index in [1.165, 1.54) is 11.5 Å². The topological polar surface area (TPSA) is 92.9 Å². The number of hydrogen-bond acceptors (Lipinski definition) is 8. The van der Waals surface area contributed by atoms with Crippen molar-refractivity contribution in [3.63, 3.8) is 0 Å². The van der Waals surface area contributed by atoms with Crippen LogP contribution in [0.3, 0.4) is 0 Å². The van der Waals surface area contributed by atoms with E-state index in [9.17, 15) is 4.79 Å². The van der Waals surface area contributed by atoms with Gasteiger partial charge >= 0.3 is 0 Å². The fraction of sp³-hybridized carbons (Fsp3) is 0.444. The lowest BCUT2D eigenvalue weighted by Crippen LogP contribution is -2.49. The van der Waals surface area contributed by atoms with E-state index < -0.39 is 0 Å². The lowest BCUT2D eigenvalue weighted by atomic mass is 10.2. The van der Waals surface area contributed by atoms with Gasteiger partial charge in [-0.15, -0.1) is 5.10 Å². The van der Waals surface area contributed by atoms with Gasteiger partial charge in [0.1, 0.15) is 16.5 Å². The molecule has 1 fully saturated rings. The van der Waals surface area contributed by atoms with Crippen molar-refractivity contribution in [3.05, 3.63) is 40.9 Å². The molecule has 1 saturated heterocycles. The first kappa shape index (κ1) is 18.5. The Morgan fingerprint density at radius 2 is 1.96 bits per heavy atom. The molecule has 3 aromatic heterocycles. The molecule has 0 spiro atoms. The zero-order valence-electron chi connectivity index (χ0n) is 15.9. The molecule has 0 saturated carbocycles. The standard InChI is InChI=1S/C18H22N8OS/c1-3-5-14-17(28-23-22-14)18(27)25-10-8-24(9-11-25)15-12-16(21-13(2)20-15)26-7-4-6-19-26/h4,6-7,12H,3,5,8-11H2,1-2H3. The van der Waals surface area contributed by atoms with Crippen LogP contribution in [0.25, 0.3) is 5.82 Å². The summed E-state index contributed by atoms with van der Waals surface area (Å²) < 4.78 is 5.70. The predicted molar refractivity (Wildman–Crippen MR) is 106 cm³/mol. The number of aryl methyl sites for hydroxylation is 2. The molecule has 0 bridgehead atoms. The van der Waals surface area contributed by atoms with Crippen LogP contribution >= 0.6 is 11.5 Å². The lowest BCUT2D eigenvalue weighted by molar-refractivity contribution is 0.0750. The summed E-state index contributed by atoms with van der Waals surface area (Å²) in [5.41, 5.74) is 0.815. The van der Waals surface area contributed by atoms with Crippen molar-refractivity contribution in [2.45, 2.75) is 26.7 Å². The summed E-state index contributed by atoms with van der Waals surface area (Å²) in [6, 6.07) is 3.80. The summed E-state index contributed by atoms with van der Waals surface area (Å²) in [5.74, 6) is 2.33. The number of carbonyl (C=O) groups is 1. The first-order valence-corrected chi connectivity index (χ1v) is 10.1. The molecule has 3 aromatic rings. The van der Waals surface area contributed by atoms with Crippen LogP contribution in [0.15, 0.2) is 24.5 Å². The molecule has 9 nitrogen and oxygen atoms in total. The Morgan fingerprint density at radius 3 is 2.68 bits per heavy atom. The van der Waals surface area contributed by atoms with Gasteiger partial charge in [0.15, 0.2) is 5.82 Å². The fourth-order valence-electron chi connectivity index (χ4n) is 3.27. The highest BCUT2D eigenvalue weighted by Gasteiger charge is 2.26. The summed E-state index contributed by atoms with van der Waals surface area (Å²) in [6.45, 7) is 6.67. The second-order valence-corrected chi connectivity index (χ2v) is 7.41. The molecule has 0 aromatic carbocycles. The van der Waals surface area contributed by atoms with Gasteiger partial charge in [0.05, 0.1) is 5.69 Å². The number of hydrogen-bond donors (Lipinski definition) is 0. The minimum absolute atomic E-state index is 0.0363. The number of carbonyl (C=O) groups excluding carboxylic acids is 1. The van der Waals surface area contributed by atoms with Gasteiger partial charge in [0.25, 0.3) is 5.91 Å². The zero-order valence-corrected chi connectivity index (χ0v) is 16.8. The van der Waals surface area contributed by atoms with Crippen LogP contribution in [0.5, 0.6) is 0 Å². The maximum absolute atomic E-state index is 12.9. The zero-order chi connectivity index (χ0) is 19.5. The van der Waals surface area contributed by atoms with Crippen molar-refractivity contribution in [3.8, 4) is 5.82 Å². The molecule has 1 aliphatic rings. The fourth-order valence-corrected chi connectivity index (χ4v) is 3.95. The average Bonchev–Trinajstić information content (AvgIpc) is 3.40. The van der Waals surface area contributed by atoms with Crippen LogP contribution in [0, 0.1) is 6.92 Å². The van der Waals surface area contributed by atoms with Gasteiger partial charge in [-0.1, -0.05) is 17.8 Å². The predicted octanol–water partition coefficient (Wildman–Crippen LogP) is 1.74. The minimum Gasteiger partial charge on any atom is -0.353 e. The smallest absolute Gasteiger partial charge is 0.267 e. The summed E-state index contributed by atoms with van der Waals surface area (Å²) in [5, 5.41) is 8.36. The number of nitrogens with zero attached hydrogens (tertiary/aromatic N) is 8. The highest BCUT2D eigenvalue weighted by molar-refractivity contribution is 7.08.